The number of hydrogen-bond donors (Lipinski definition) is 0. The summed E-state index contributed by atoms with van der Waals surface area (Å²) in [6, 6.07) is 5.20. The SMILES string of the molecule is C=C(C)c1ccc(C(=O)OC)c(OCOC)c1. The molecular weight excluding hydrogens is 220 g/mol. The Morgan fingerprint density at radius 1 is 1.35 bits per heavy atom. The van der Waals surface area contributed by atoms with Crippen molar-refractivity contribution >= 4 is 11.5 Å². The molecule has 0 aromatic heterocycles. The quantitative estimate of drug-likeness (QED) is 0.582. The van der Waals surface area contributed by atoms with Gasteiger partial charge >= 0.3 is 5.97 Å². The first-order chi connectivity index (χ1) is 8.10. The molecule has 92 valence electrons. The van der Waals surface area contributed by atoms with Gasteiger partial charge in [0.15, 0.2) is 6.79 Å². The van der Waals surface area contributed by atoms with Crippen LogP contribution in [-0.2, 0) is 9.47 Å². The molecule has 0 amide bonds. The van der Waals surface area contributed by atoms with Crippen LogP contribution in [0.5, 0.6) is 5.75 Å². The molecule has 1 rings (SSSR count). The highest BCUT2D eigenvalue weighted by Gasteiger charge is 2.13. The number of allylic oxidation sites excluding steroid dienone is 1. The van der Waals surface area contributed by atoms with Crippen LogP contribution in [0.1, 0.15) is 22.8 Å². The third kappa shape index (κ3) is 3.32. The third-order valence-electron chi connectivity index (χ3n) is 2.21. The molecule has 4 nitrogen and oxygen atoms in total. The zero-order valence-corrected chi connectivity index (χ0v) is 10.3. The van der Waals surface area contributed by atoms with E-state index in [1.165, 1.54) is 14.2 Å². The Labute approximate surface area is 101 Å². The summed E-state index contributed by atoms with van der Waals surface area (Å²) in [7, 11) is 2.84. The summed E-state index contributed by atoms with van der Waals surface area (Å²) in [5.74, 6) is -0.0106. The van der Waals surface area contributed by atoms with Gasteiger partial charge in [-0.2, -0.15) is 0 Å². The molecule has 0 heterocycles. The summed E-state index contributed by atoms with van der Waals surface area (Å²) >= 11 is 0. The third-order valence-corrected chi connectivity index (χ3v) is 2.21. The zero-order chi connectivity index (χ0) is 12.8. The second-order valence-corrected chi connectivity index (χ2v) is 3.53. The number of carbonyl (C=O) groups excluding carboxylic acids is 1. The van der Waals surface area contributed by atoms with Crippen molar-refractivity contribution < 1.29 is 19.0 Å². The minimum Gasteiger partial charge on any atom is -0.467 e. The second kappa shape index (κ2) is 6.06. The Morgan fingerprint density at radius 3 is 2.59 bits per heavy atom. The van der Waals surface area contributed by atoms with Gasteiger partial charge in [-0.05, 0) is 24.6 Å². The lowest BCUT2D eigenvalue weighted by atomic mass is 10.1. The van der Waals surface area contributed by atoms with Gasteiger partial charge in [0.1, 0.15) is 11.3 Å². The molecule has 17 heavy (non-hydrogen) atoms. The predicted octanol–water partition coefficient (Wildman–Crippen LogP) is 2.49. The highest BCUT2D eigenvalue weighted by molar-refractivity contribution is 5.93. The van der Waals surface area contributed by atoms with Crippen LogP contribution in [0.25, 0.3) is 5.57 Å². The lowest BCUT2D eigenvalue weighted by Crippen LogP contribution is -2.07. The molecule has 0 N–H and O–H groups in total. The standard InChI is InChI=1S/C13H16O4/c1-9(2)10-5-6-11(13(14)16-4)12(7-10)17-8-15-3/h5-7H,1,8H2,2-4H3. The number of rotatable bonds is 5. The van der Waals surface area contributed by atoms with Crippen LogP contribution in [0.2, 0.25) is 0 Å². The van der Waals surface area contributed by atoms with Crippen LogP contribution in [0.4, 0.5) is 0 Å². The van der Waals surface area contributed by atoms with Crippen molar-refractivity contribution in [2.24, 2.45) is 0 Å². The van der Waals surface area contributed by atoms with Crippen LogP contribution in [0, 0.1) is 0 Å². The van der Waals surface area contributed by atoms with E-state index in [1.54, 1.807) is 18.2 Å². The van der Waals surface area contributed by atoms with Gasteiger partial charge in [0.2, 0.25) is 0 Å². The maximum atomic E-state index is 11.5. The van der Waals surface area contributed by atoms with Crippen molar-refractivity contribution in [3.05, 3.63) is 35.9 Å². The number of methoxy groups -OCH3 is 2. The topological polar surface area (TPSA) is 44.8 Å². The van der Waals surface area contributed by atoms with Crippen LogP contribution < -0.4 is 4.74 Å². The first-order valence-corrected chi connectivity index (χ1v) is 5.10. The Morgan fingerprint density at radius 2 is 2.06 bits per heavy atom. The molecular formula is C13H16O4. The molecule has 0 aliphatic carbocycles. The van der Waals surface area contributed by atoms with Gasteiger partial charge in [0.25, 0.3) is 0 Å². The fourth-order valence-corrected chi connectivity index (χ4v) is 1.31. The Bertz CT molecular complexity index is 423. The number of hydrogen-bond acceptors (Lipinski definition) is 4. The lowest BCUT2D eigenvalue weighted by molar-refractivity contribution is 0.0465. The highest BCUT2D eigenvalue weighted by Crippen LogP contribution is 2.24. The first-order valence-electron chi connectivity index (χ1n) is 5.10. The van der Waals surface area contributed by atoms with E-state index in [-0.39, 0.29) is 6.79 Å². The van der Waals surface area contributed by atoms with Crippen molar-refractivity contribution in [1.29, 1.82) is 0 Å². The van der Waals surface area contributed by atoms with Crippen molar-refractivity contribution in [3.63, 3.8) is 0 Å². The molecule has 0 fully saturated rings. The van der Waals surface area contributed by atoms with Gasteiger partial charge in [0, 0.05) is 7.11 Å². The highest BCUT2D eigenvalue weighted by atomic mass is 16.7. The fraction of sp³-hybridized carbons (Fsp3) is 0.308. The summed E-state index contributed by atoms with van der Waals surface area (Å²) in [5.41, 5.74) is 2.17. The average Bonchev–Trinajstić information content (AvgIpc) is 2.34. The van der Waals surface area contributed by atoms with Gasteiger partial charge in [-0.3, -0.25) is 0 Å². The van der Waals surface area contributed by atoms with E-state index in [0.717, 1.165) is 11.1 Å². The molecule has 0 bridgehead atoms. The number of esters is 1. The van der Waals surface area contributed by atoms with Gasteiger partial charge in [-0.25, -0.2) is 4.79 Å². The summed E-state index contributed by atoms with van der Waals surface area (Å²) in [4.78, 5) is 11.5. The van der Waals surface area contributed by atoms with E-state index in [1.807, 2.05) is 6.92 Å². The average molecular weight is 236 g/mol. The molecule has 4 heteroatoms. The van der Waals surface area contributed by atoms with E-state index < -0.39 is 5.97 Å². The maximum Gasteiger partial charge on any atom is 0.341 e. The zero-order valence-electron chi connectivity index (χ0n) is 10.3. The number of carbonyl (C=O) groups is 1. The molecule has 0 saturated heterocycles. The van der Waals surface area contributed by atoms with Crippen molar-refractivity contribution in [1.82, 2.24) is 0 Å². The van der Waals surface area contributed by atoms with Crippen LogP contribution >= 0.6 is 0 Å². The van der Waals surface area contributed by atoms with Gasteiger partial charge in [0.05, 0.1) is 7.11 Å². The number of benzene rings is 1. The smallest absolute Gasteiger partial charge is 0.341 e. The minimum atomic E-state index is -0.440. The van der Waals surface area contributed by atoms with Crippen molar-refractivity contribution in [2.45, 2.75) is 6.92 Å². The molecule has 0 aliphatic heterocycles. The van der Waals surface area contributed by atoms with E-state index in [2.05, 4.69) is 11.3 Å². The first kappa shape index (κ1) is 13.3. The van der Waals surface area contributed by atoms with Gasteiger partial charge < -0.3 is 14.2 Å². The summed E-state index contributed by atoms with van der Waals surface area (Å²) in [5, 5.41) is 0. The van der Waals surface area contributed by atoms with Crippen LogP contribution in [0.15, 0.2) is 24.8 Å². The molecule has 0 saturated carbocycles. The van der Waals surface area contributed by atoms with Gasteiger partial charge in [-0.1, -0.05) is 18.2 Å². The predicted molar refractivity (Wildman–Crippen MR) is 65.0 cm³/mol. The summed E-state index contributed by atoms with van der Waals surface area (Å²) in [6.07, 6.45) is 0. The van der Waals surface area contributed by atoms with Crippen LogP contribution in [0.3, 0.4) is 0 Å². The fourth-order valence-electron chi connectivity index (χ4n) is 1.31. The largest absolute Gasteiger partial charge is 0.467 e. The Balaban J connectivity index is 3.11. The minimum absolute atomic E-state index is 0.0731. The van der Waals surface area contributed by atoms with E-state index in [9.17, 15) is 4.79 Å². The van der Waals surface area contributed by atoms with E-state index in [4.69, 9.17) is 9.47 Å². The molecule has 0 aliphatic rings. The molecule has 0 radical (unpaired) electrons. The molecule has 0 atom stereocenters. The molecule has 0 spiro atoms. The summed E-state index contributed by atoms with van der Waals surface area (Å²) in [6.45, 7) is 5.79. The second-order valence-electron chi connectivity index (χ2n) is 3.53. The van der Waals surface area contributed by atoms with E-state index >= 15 is 0 Å². The summed E-state index contributed by atoms with van der Waals surface area (Å²) < 4.78 is 14.8. The lowest BCUT2D eigenvalue weighted by Gasteiger charge is -2.11. The van der Waals surface area contributed by atoms with Crippen molar-refractivity contribution in [3.8, 4) is 5.75 Å². The van der Waals surface area contributed by atoms with Crippen LogP contribution in [-0.4, -0.2) is 27.0 Å². The Kier molecular flexibility index (Phi) is 4.72. The van der Waals surface area contributed by atoms with E-state index in [0.29, 0.717) is 11.3 Å². The van der Waals surface area contributed by atoms with Gasteiger partial charge in [-0.15, -0.1) is 0 Å². The molecule has 1 aromatic rings. The monoisotopic (exact) mass is 236 g/mol. The maximum absolute atomic E-state index is 11.5. The number of ether oxygens (including phenoxy) is 3. The normalized spacial score (nSPS) is 9.82. The Hall–Kier alpha value is -1.81. The van der Waals surface area contributed by atoms with Crippen molar-refractivity contribution in [2.75, 3.05) is 21.0 Å². The molecule has 0 unspecified atom stereocenters. The molecule has 1 aromatic carbocycles.